The molecule has 0 bridgehead atoms. The van der Waals surface area contributed by atoms with Crippen LogP contribution in [0.25, 0.3) is 0 Å². The molecule has 0 aromatic heterocycles. The zero-order valence-electron chi connectivity index (χ0n) is 9.03. The van der Waals surface area contributed by atoms with Crippen molar-refractivity contribution >= 4 is 35.7 Å². The van der Waals surface area contributed by atoms with Gasteiger partial charge in [0.05, 0.1) is 11.9 Å². The average molecular weight is 340 g/mol. The minimum absolute atomic E-state index is 0.212. The molecule has 3 nitrogen and oxygen atoms in total. The number of halogens is 2. The lowest BCUT2D eigenvalue weighted by Crippen LogP contribution is -2.25. The van der Waals surface area contributed by atoms with E-state index in [0.717, 1.165) is 17.3 Å². The van der Waals surface area contributed by atoms with E-state index in [4.69, 9.17) is 15.4 Å². The summed E-state index contributed by atoms with van der Waals surface area (Å²) in [6, 6.07) is 5.34. The smallest absolute Gasteiger partial charge is 0.236 e. The number of hydrogen-bond donors (Lipinski definition) is 0. The third-order valence-electron chi connectivity index (χ3n) is 2.70. The molecule has 1 aromatic carbocycles. The van der Waals surface area contributed by atoms with E-state index in [0.29, 0.717) is 11.3 Å². The van der Waals surface area contributed by atoms with Crippen LogP contribution >= 0.6 is 26.6 Å². The SMILES string of the molecule is O=S(=O)(Cl)Cc1cc(Br)ccc1OC1CCC1. The van der Waals surface area contributed by atoms with E-state index in [1.807, 2.05) is 6.07 Å². The molecule has 0 N–H and O–H groups in total. The van der Waals surface area contributed by atoms with Crippen molar-refractivity contribution in [2.45, 2.75) is 31.1 Å². The highest BCUT2D eigenvalue weighted by atomic mass is 79.9. The van der Waals surface area contributed by atoms with Crippen molar-refractivity contribution in [2.24, 2.45) is 0 Å². The van der Waals surface area contributed by atoms with Crippen LogP contribution in [-0.2, 0) is 14.8 Å². The van der Waals surface area contributed by atoms with Crippen LogP contribution < -0.4 is 4.74 Å². The maximum atomic E-state index is 11.1. The molecule has 0 atom stereocenters. The number of ether oxygens (including phenoxy) is 1. The van der Waals surface area contributed by atoms with Gasteiger partial charge in [0.2, 0.25) is 9.05 Å². The highest BCUT2D eigenvalue weighted by Crippen LogP contribution is 2.31. The Bertz CT molecular complexity index is 511. The Morgan fingerprint density at radius 2 is 2.12 bits per heavy atom. The van der Waals surface area contributed by atoms with Crippen LogP contribution in [0.3, 0.4) is 0 Å². The average Bonchev–Trinajstić information content (AvgIpc) is 2.11. The van der Waals surface area contributed by atoms with Crippen LogP contribution in [0, 0.1) is 0 Å². The Morgan fingerprint density at radius 1 is 1.41 bits per heavy atom. The molecule has 0 heterocycles. The zero-order chi connectivity index (χ0) is 12.5. The molecule has 0 radical (unpaired) electrons. The second-order valence-corrected chi connectivity index (χ2v) is 7.80. The van der Waals surface area contributed by atoms with Gasteiger partial charge in [-0.15, -0.1) is 0 Å². The van der Waals surface area contributed by atoms with Crippen molar-refractivity contribution in [1.82, 2.24) is 0 Å². The normalized spacial score (nSPS) is 16.6. The highest BCUT2D eigenvalue weighted by Gasteiger charge is 2.21. The van der Waals surface area contributed by atoms with Gasteiger partial charge in [0.1, 0.15) is 5.75 Å². The molecule has 1 aliphatic carbocycles. The molecular formula is C11H12BrClO3S. The molecule has 2 rings (SSSR count). The van der Waals surface area contributed by atoms with E-state index in [9.17, 15) is 8.42 Å². The van der Waals surface area contributed by atoms with E-state index in [-0.39, 0.29) is 11.9 Å². The number of hydrogen-bond acceptors (Lipinski definition) is 3. The molecule has 0 spiro atoms. The second kappa shape index (κ2) is 5.16. The highest BCUT2D eigenvalue weighted by molar-refractivity contribution is 9.10. The standard InChI is InChI=1S/C11H12BrClO3S/c12-9-4-5-11(16-10-2-1-3-10)8(6-9)7-17(13,14)15/h4-6,10H,1-3,7H2. The summed E-state index contributed by atoms with van der Waals surface area (Å²) in [5, 5.41) is 0. The first-order chi connectivity index (χ1) is 7.94. The van der Waals surface area contributed by atoms with E-state index in [2.05, 4.69) is 15.9 Å². The topological polar surface area (TPSA) is 43.4 Å². The Hall–Kier alpha value is -0.260. The quantitative estimate of drug-likeness (QED) is 0.789. The summed E-state index contributed by atoms with van der Waals surface area (Å²) >= 11 is 3.31. The lowest BCUT2D eigenvalue weighted by atomic mass is 9.96. The van der Waals surface area contributed by atoms with Gasteiger partial charge in [-0.05, 0) is 37.5 Å². The molecule has 1 aromatic rings. The molecule has 17 heavy (non-hydrogen) atoms. The third kappa shape index (κ3) is 3.86. The molecule has 1 saturated carbocycles. The number of rotatable bonds is 4. The van der Waals surface area contributed by atoms with Crippen molar-refractivity contribution in [3.8, 4) is 5.75 Å². The van der Waals surface area contributed by atoms with Gasteiger partial charge in [-0.1, -0.05) is 15.9 Å². The Kier molecular flexibility index (Phi) is 4.00. The molecule has 1 fully saturated rings. The van der Waals surface area contributed by atoms with E-state index in [1.165, 1.54) is 6.42 Å². The predicted octanol–water partition coefficient (Wildman–Crippen LogP) is 3.45. The Labute approximate surface area is 114 Å². The fourth-order valence-electron chi connectivity index (χ4n) is 1.63. The maximum absolute atomic E-state index is 11.1. The van der Waals surface area contributed by atoms with Crippen LogP contribution in [0.15, 0.2) is 22.7 Å². The second-order valence-electron chi connectivity index (χ2n) is 4.11. The molecule has 94 valence electrons. The van der Waals surface area contributed by atoms with Gasteiger partial charge < -0.3 is 4.74 Å². The molecular weight excluding hydrogens is 328 g/mol. The van der Waals surface area contributed by atoms with Gasteiger partial charge in [-0.2, -0.15) is 0 Å². The number of benzene rings is 1. The van der Waals surface area contributed by atoms with Crippen LogP contribution in [0.1, 0.15) is 24.8 Å². The lowest BCUT2D eigenvalue weighted by Gasteiger charge is -2.27. The minimum Gasteiger partial charge on any atom is -0.490 e. The maximum Gasteiger partial charge on any atom is 0.236 e. The van der Waals surface area contributed by atoms with Gasteiger partial charge in [0, 0.05) is 20.7 Å². The van der Waals surface area contributed by atoms with E-state index in [1.54, 1.807) is 12.1 Å². The lowest BCUT2D eigenvalue weighted by molar-refractivity contribution is 0.119. The molecule has 0 saturated heterocycles. The minimum atomic E-state index is -3.57. The summed E-state index contributed by atoms with van der Waals surface area (Å²) in [5.41, 5.74) is 0.598. The first-order valence-electron chi connectivity index (χ1n) is 5.31. The van der Waals surface area contributed by atoms with Gasteiger partial charge >= 0.3 is 0 Å². The van der Waals surface area contributed by atoms with Crippen molar-refractivity contribution in [1.29, 1.82) is 0 Å². The van der Waals surface area contributed by atoms with Gasteiger partial charge in [-0.25, -0.2) is 8.42 Å². The summed E-state index contributed by atoms with van der Waals surface area (Å²) in [6.07, 6.45) is 3.45. The van der Waals surface area contributed by atoms with E-state index < -0.39 is 9.05 Å². The monoisotopic (exact) mass is 338 g/mol. The first kappa shape index (κ1) is 13.2. The Balaban J connectivity index is 2.23. The van der Waals surface area contributed by atoms with Gasteiger partial charge in [-0.3, -0.25) is 0 Å². The fraction of sp³-hybridized carbons (Fsp3) is 0.455. The predicted molar refractivity (Wildman–Crippen MR) is 70.9 cm³/mol. The van der Waals surface area contributed by atoms with Crippen LogP contribution in [0.4, 0.5) is 0 Å². The Morgan fingerprint density at radius 3 is 2.65 bits per heavy atom. The zero-order valence-corrected chi connectivity index (χ0v) is 12.2. The summed E-state index contributed by atoms with van der Waals surface area (Å²) in [7, 11) is 1.71. The third-order valence-corrected chi connectivity index (χ3v) is 4.17. The molecule has 1 aliphatic rings. The van der Waals surface area contributed by atoms with Crippen LogP contribution in [0.5, 0.6) is 5.75 Å². The van der Waals surface area contributed by atoms with Gasteiger partial charge in [0.25, 0.3) is 0 Å². The van der Waals surface area contributed by atoms with Gasteiger partial charge in [0.15, 0.2) is 0 Å². The largest absolute Gasteiger partial charge is 0.490 e. The molecule has 0 unspecified atom stereocenters. The molecule has 0 amide bonds. The fourth-order valence-corrected chi connectivity index (χ4v) is 2.99. The van der Waals surface area contributed by atoms with E-state index >= 15 is 0 Å². The summed E-state index contributed by atoms with van der Waals surface area (Å²) in [4.78, 5) is 0. The summed E-state index contributed by atoms with van der Waals surface area (Å²) in [6.45, 7) is 0. The summed E-state index contributed by atoms with van der Waals surface area (Å²) in [5.74, 6) is 0.401. The van der Waals surface area contributed by atoms with Crippen molar-refractivity contribution in [2.75, 3.05) is 0 Å². The molecule has 0 aliphatic heterocycles. The summed E-state index contributed by atoms with van der Waals surface area (Å²) < 4.78 is 28.8. The van der Waals surface area contributed by atoms with Crippen LogP contribution in [-0.4, -0.2) is 14.5 Å². The van der Waals surface area contributed by atoms with Crippen molar-refractivity contribution in [3.05, 3.63) is 28.2 Å². The molecule has 6 heteroatoms. The van der Waals surface area contributed by atoms with Crippen LogP contribution in [0.2, 0.25) is 0 Å². The van der Waals surface area contributed by atoms with Crippen molar-refractivity contribution in [3.63, 3.8) is 0 Å². The van der Waals surface area contributed by atoms with Crippen molar-refractivity contribution < 1.29 is 13.2 Å². The first-order valence-corrected chi connectivity index (χ1v) is 8.58.